The van der Waals surface area contributed by atoms with Crippen LogP contribution in [-0.2, 0) is 9.53 Å². The Morgan fingerprint density at radius 2 is 1.73 bits per heavy atom. The molecule has 4 aliphatic carbocycles. The molecule has 0 N–H and O–H groups in total. The maximum absolute atomic E-state index is 12.9. The van der Waals surface area contributed by atoms with Crippen LogP contribution in [0.15, 0.2) is 18.2 Å². The fourth-order valence-electron chi connectivity index (χ4n) is 5.81. The van der Waals surface area contributed by atoms with Gasteiger partial charge in [0.25, 0.3) is 5.69 Å². The number of nitro benzene ring substituents is 1. The quantitative estimate of drug-likeness (QED) is 0.454. The summed E-state index contributed by atoms with van der Waals surface area (Å²) in [4.78, 5) is 35.5. The second-order valence-corrected chi connectivity index (χ2v) is 8.46. The van der Waals surface area contributed by atoms with Crippen molar-refractivity contribution < 1.29 is 19.2 Å². The number of ether oxygens (including phenoxy) is 1. The van der Waals surface area contributed by atoms with Crippen molar-refractivity contribution >= 4 is 17.4 Å². The van der Waals surface area contributed by atoms with E-state index in [9.17, 15) is 19.7 Å². The van der Waals surface area contributed by atoms with E-state index in [2.05, 4.69) is 0 Å². The second-order valence-electron chi connectivity index (χ2n) is 8.46. The molecule has 4 fully saturated rings. The third-order valence-electron chi connectivity index (χ3n) is 6.59. The predicted molar refractivity (Wildman–Crippen MR) is 93.7 cm³/mol. The Morgan fingerprint density at radius 3 is 2.23 bits per heavy atom. The maximum atomic E-state index is 12.9. The minimum absolute atomic E-state index is 0.0359. The van der Waals surface area contributed by atoms with Crippen LogP contribution in [0.5, 0.6) is 0 Å². The molecule has 0 aromatic heterocycles. The summed E-state index contributed by atoms with van der Waals surface area (Å²) in [6.45, 7) is 1.39. The molecule has 1 aromatic rings. The van der Waals surface area contributed by atoms with Crippen LogP contribution in [0.2, 0.25) is 0 Å². The predicted octanol–water partition coefficient (Wildman–Crippen LogP) is 3.85. The molecule has 0 spiro atoms. The van der Waals surface area contributed by atoms with Gasteiger partial charge in [-0.05, 0) is 75.3 Å². The zero-order valence-electron chi connectivity index (χ0n) is 14.9. The Balaban J connectivity index is 1.41. The number of aryl methyl sites for hydroxylation is 1. The van der Waals surface area contributed by atoms with Gasteiger partial charge in [-0.25, -0.2) is 4.79 Å². The molecule has 0 radical (unpaired) electrons. The average Bonchev–Trinajstić information content (AvgIpc) is 2.57. The molecule has 0 atom stereocenters. The molecule has 6 nitrogen and oxygen atoms in total. The second kappa shape index (κ2) is 6.18. The van der Waals surface area contributed by atoms with E-state index in [0.717, 1.165) is 19.3 Å². The molecule has 6 heteroatoms. The number of carbonyl (C=O) groups excluding carboxylic acids is 2. The summed E-state index contributed by atoms with van der Waals surface area (Å²) in [7, 11) is 0. The van der Waals surface area contributed by atoms with E-state index >= 15 is 0 Å². The van der Waals surface area contributed by atoms with Gasteiger partial charge in [-0.2, -0.15) is 0 Å². The fraction of sp³-hybridized carbons (Fsp3) is 0.600. The summed E-state index contributed by atoms with van der Waals surface area (Å²) in [6, 6.07) is 4.12. The van der Waals surface area contributed by atoms with Gasteiger partial charge in [-0.15, -0.1) is 0 Å². The van der Waals surface area contributed by atoms with Crippen molar-refractivity contribution in [3.8, 4) is 0 Å². The fourth-order valence-corrected chi connectivity index (χ4v) is 5.81. The Bertz CT molecular complexity index is 749. The first-order chi connectivity index (χ1) is 12.4. The SMILES string of the molecule is Cc1cc(C(=O)OCC(=O)C23CC4CC(CC(C4)C2)C3)ccc1[N+](=O)[O-]. The number of benzene rings is 1. The van der Waals surface area contributed by atoms with Crippen molar-refractivity contribution in [2.24, 2.45) is 23.2 Å². The molecule has 138 valence electrons. The maximum Gasteiger partial charge on any atom is 0.338 e. The van der Waals surface area contributed by atoms with Gasteiger partial charge in [0.15, 0.2) is 12.4 Å². The van der Waals surface area contributed by atoms with Gasteiger partial charge in [0, 0.05) is 17.0 Å². The number of esters is 1. The van der Waals surface area contributed by atoms with E-state index in [1.807, 2.05) is 0 Å². The average molecular weight is 357 g/mol. The van der Waals surface area contributed by atoms with Crippen molar-refractivity contribution in [3.05, 3.63) is 39.4 Å². The highest BCUT2D eigenvalue weighted by Gasteiger charge is 2.54. The monoisotopic (exact) mass is 357 g/mol. The minimum Gasteiger partial charge on any atom is -0.454 e. The highest BCUT2D eigenvalue weighted by Crippen LogP contribution is 2.60. The molecule has 5 rings (SSSR count). The molecule has 0 aliphatic heterocycles. The normalized spacial score (nSPS) is 31.7. The largest absolute Gasteiger partial charge is 0.454 e. The summed E-state index contributed by atoms with van der Waals surface area (Å²) >= 11 is 0. The molecule has 0 saturated heterocycles. The van der Waals surface area contributed by atoms with Gasteiger partial charge < -0.3 is 4.74 Å². The molecule has 0 heterocycles. The van der Waals surface area contributed by atoms with Crippen LogP contribution >= 0.6 is 0 Å². The van der Waals surface area contributed by atoms with Gasteiger partial charge in [-0.1, -0.05) is 0 Å². The number of hydrogen-bond donors (Lipinski definition) is 0. The van der Waals surface area contributed by atoms with E-state index in [4.69, 9.17) is 4.74 Å². The van der Waals surface area contributed by atoms with Gasteiger partial charge in [-0.3, -0.25) is 14.9 Å². The van der Waals surface area contributed by atoms with Crippen molar-refractivity contribution in [2.75, 3.05) is 6.61 Å². The number of ketones is 1. The van der Waals surface area contributed by atoms with Crippen LogP contribution in [0, 0.1) is 40.2 Å². The lowest BCUT2D eigenvalue weighted by atomic mass is 9.48. The Labute approximate surface area is 152 Å². The lowest BCUT2D eigenvalue weighted by molar-refractivity contribution is -0.385. The number of Topliss-reactive ketones (excluding diaryl/α,β-unsaturated/α-hetero) is 1. The Hall–Kier alpha value is -2.24. The summed E-state index contributed by atoms with van der Waals surface area (Å²) in [5.41, 5.74) is 0.329. The zero-order chi connectivity index (χ0) is 18.5. The Morgan fingerprint density at radius 1 is 1.15 bits per heavy atom. The first-order valence-corrected chi connectivity index (χ1v) is 9.32. The number of rotatable bonds is 5. The lowest BCUT2D eigenvalue weighted by Crippen LogP contribution is -2.51. The van der Waals surface area contributed by atoms with Gasteiger partial charge in [0.1, 0.15) is 0 Å². The highest BCUT2D eigenvalue weighted by atomic mass is 16.6. The van der Waals surface area contributed by atoms with Crippen molar-refractivity contribution in [3.63, 3.8) is 0 Å². The van der Waals surface area contributed by atoms with E-state index in [1.165, 1.54) is 37.5 Å². The molecule has 4 bridgehead atoms. The smallest absolute Gasteiger partial charge is 0.338 e. The molecular formula is C20H23NO5. The van der Waals surface area contributed by atoms with Crippen molar-refractivity contribution in [1.29, 1.82) is 0 Å². The highest BCUT2D eigenvalue weighted by molar-refractivity contribution is 5.93. The zero-order valence-corrected chi connectivity index (χ0v) is 14.9. The number of nitrogens with zero attached hydrogens (tertiary/aromatic N) is 1. The van der Waals surface area contributed by atoms with Crippen molar-refractivity contribution in [1.82, 2.24) is 0 Å². The van der Waals surface area contributed by atoms with Gasteiger partial charge in [0.2, 0.25) is 0 Å². The Kier molecular flexibility index (Phi) is 4.09. The summed E-state index contributed by atoms with van der Waals surface area (Å²) < 4.78 is 5.28. The van der Waals surface area contributed by atoms with E-state index < -0.39 is 10.9 Å². The first-order valence-electron chi connectivity index (χ1n) is 9.32. The van der Waals surface area contributed by atoms with Crippen LogP contribution in [0.1, 0.15) is 54.4 Å². The van der Waals surface area contributed by atoms with Crippen LogP contribution < -0.4 is 0 Å². The van der Waals surface area contributed by atoms with Crippen molar-refractivity contribution in [2.45, 2.75) is 45.4 Å². The van der Waals surface area contributed by atoms with Gasteiger partial charge in [0.05, 0.1) is 10.5 Å². The summed E-state index contributed by atoms with van der Waals surface area (Å²) in [5.74, 6) is 1.46. The lowest BCUT2D eigenvalue weighted by Gasteiger charge is -2.55. The number of nitro groups is 1. The molecule has 4 saturated carbocycles. The molecule has 0 unspecified atom stereocenters. The third-order valence-corrected chi connectivity index (χ3v) is 6.59. The molecule has 26 heavy (non-hydrogen) atoms. The summed E-state index contributed by atoms with van der Waals surface area (Å²) in [6.07, 6.45) is 6.63. The first kappa shape index (κ1) is 17.2. The van der Waals surface area contributed by atoms with Gasteiger partial charge >= 0.3 is 5.97 Å². The van der Waals surface area contributed by atoms with Crippen LogP contribution in [-0.4, -0.2) is 23.3 Å². The van der Waals surface area contributed by atoms with E-state index in [-0.39, 0.29) is 29.1 Å². The van der Waals surface area contributed by atoms with Crippen LogP contribution in [0.3, 0.4) is 0 Å². The van der Waals surface area contributed by atoms with Crippen LogP contribution in [0.4, 0.5) is 5.69 Å². The van der Waals surface area contributed by atoms with E-state index in [0.29, 0.717) is 23.3 Å². The minimum atomic E-state index is -0.596. The standard InChI is InChI=1S/C20H23NO5/c1-12-4-16(2-3-17(12)21(24)25)19(23)26-11-18(22)20-8-13-5-14(9-20)7-15(6-13)10-20/h2-4,13-15H,5-11H2,1H3. The van der Waals surface area contributed by atoms with Crippen LogP contribution in [0.25, 0.3) is 0 Å². The molecule has 0 amide bonds. The number of hydrogen-bond acceptors (Lipinski definition) is 5. The third kappa shape index (κ3) is 2.91. The molecule has 4 aliphatic rings. The molecule has 1 aromatic carbocycles. The topological polar surface area (TPSA) is 86.5 Å². The molecular weight excluding hydrogens is 334 g/mol. The number of carbonyl (C=O) groups is 2. The van der Waals surface area contributed by atoms with E-state index in [1.54, 1.807) is 6.92 Å². The summed E-state index contributed by atoms with van der Waals surface area (Å²) in [5, 5.41) is 10.9.